The Labute approximate surface area is 148 Å². The molecule has 0 bridgehead atoms. The fourth-order valence-corrected chi connectivity index (χ4v) is 2.53. The van der Waals surface area contributed by atoms with E-state index in [1.165, 1.54) is 30.6 Å². The number of hydrogen-bond acceptors (Lipinski definition) is 7. The van der Waals surface area contributed by atoms with Gasteiger partial charge in [-0.2, -0.15) is 0 Å². The summed E-state index contributed by atoms with van der Waals surface area (Å²) in [5.41, 5.74) is 0.206. The fraction of sp³-hybridized carbons (Fsp3) is 0.235. The largest absolute Gasteiger partial charge is 0.493 e. The molecule has 0 aliphatic carbocycles. The van der Waals surface area contributed by atoms with E-state index in [9.17, 15) is 14.4 Å². The van der Waals surface area contributed by atoms with Gasteiger partial charge in [0, 0.05) is 0 Å². The molecule has 2 amide bonds. The maximum Gasteiger partial charge on any atom is 0.338 e. The molecule has 0 saturated carbocycles. The third-order valence-electron chi connectivity index (χ3n) is 3.03. The molecular weight excluding hydrogens is 346 g/mol. The van der Waals surface area contributed by atoms with E-state index >= 15 is 0 Å². The summed E-state index contributed by atoms with van der Waals surface area (Å²) in [4.78, 5) is 35.8. The molecule has 1 aromatic heterocycles. The van der Waals surface area contributed by atoms with Crippen LogP contribution in [-0.4, -0.2) is 38.1 Å². The number of esters is 1. The van der Waals surface area contributed by atoms with Gasteiger partial charge in [0.25, 0.3) is 11.8 Å². The van der Waals surface area contributed by atoms with Gasteiger partial charge in [0.15, 0.2) is 18.1 Å². The molecular formula is C17H17NO6S. The molecule has 25 heavy (non-hydrogen) atoms. The standard InChI is InChI=1S/C17H17NO6S/c1-3-23-12-7-6-11(9-13(12)22-2)17(21)24-10-15(19)18-16(20)14-5-4-8-25-14/h4-9H,3,10H2,1-2H3,(H,18,19,20). The second-order valence-corrected chi connectivity index (χ2v) is 5.68. The molecule has 7 nitrogen and oxygen atoms in total. The van der Waals surface area contributed by atoms with Gasteiger partial charge in [-0.15, -0.1) is 11.3 Å². The maximum absolute atomic E-state index is 12.0. The van der Waals surface area contributed by atoms with Crippen molar-refractivity contribution in [3.63, 3.8) is 0 Å². The Morgan fingerprint density at radius 1 is 1.16 bits per heavy atom. The lowest BCUT2D eigenvalue weighted by Crippen LogP contribution is -2.33. The predicted molar refractivity (Wildman–Crippen MR) is 91.2 cm³/mol. The average molecular weight is 363 g/mol. The Hall–Kier alpha value is -2.87. The molecule has 0 unspecified atom stereocenters. The van der Waals surface area contributed by atoms with E-state index in [0.717, 1.165) is 0 Å². The topological polar surface area (TPSA) is 90.9 Å². The van der Waals surface area contributed by atoms with Crippen LogP contribution in [0.4, 0.5) is 0 Å². The van der Waals surface area contributed by atoms with Crippen LogP contribution >= 0.6 is 11.3 Å². The molecule has 132 valence electrons. The van der Waals surface area contributed by atoms with Crippen LogP contribution in [0.3, 0.4) is 0 Å². The summed E-state index contributed by atoms with van der Waals surface area (Å²) < 4.78 is 15.4. The predicted octanol–water partition coefficient (Wildman–Crippen LogP) is 2.27. The molecule has 0 aliphatic rings. The summed E-state index contributed by atoms with van der Waals surface area (Å²) in [6.07, 6.45) is 0. The van der Waals surface area contributed by atoms with Crippen LogP contribution in [-0.2, 0) is 9.53 Å². The number of carbonyl (C=O) groups is 3. The van der Waals surface area contributed by atoms with Gasteiger partial charge in [0.2, 0.25) is 0 Å². The van der Waals surface area contributed by atoms with E-state index in [2.05, 4.69) is 5.32 Å². The lowest BCUT2D eigenvalue weighted by molar-refractivity contribution is -0.123. The monoisotopic (exact) mass is 363 g/mol. The summed E-state index contributed by atoms with van der Waals surface area (Å²) in [5, 5.41) is 3.87. The van der Waals surface area contributed by atoms with Crippen LogP contribution in [0.15, 0.2) is 35.7 Å². The molecule has 1 N–H and O–H groups in total. The Kier molecular flexibility index (Phi) is 6.53. The highest BCUT2D eigenvalue weighted by atomic mass is 32.1. The van der Waals surface area contributed by atoms with Gasteiger partial charge < -0.3 is 14.2 Å². The minimum atomic E-state index is -0.708. The molecule has 0 saturated heterocycles. The zero-order valence-corrected chi connectivity index (χ0v) is 14.6. The minimum Gasteiger partial charge on any atom is -0.493 e. The van der Waals surface area contributed by atoms with Crippen molar-refractivity contribution in [2.45, 2.75) is 6.92 Å². The number of thiophene rings is 1. The Bertz CT molecular complexity index is 757. The highest BCUT2D eigenvalue weighted by Gasteiger charge is 2.16. The Balaban J connectivity index is 1.91. The fourth-order valence-electron chi connectivity index (χ4n) is 1.92. The summed E-state index contributed by atoms with van der Waals surface area (Å²) >= 11 is 1.21. The normalized spacial score (nSPS) is 10.0. The zero-order chi connectivity index (χ0) is 18.2. The SMILES string of the molecule is CCOc1ccc(C(=O)OCC(=O)NC(=O)c2cccs2)cc1OC. The van der Waals surface area contributed by atoms with Gasteiger partial charge in [-0.1, -0.05) is 6.07 Å². The first-order valence-corrected chi connectivity index (χ1v) is 8.28. The van der Waals surface area contributed by atoms with Crippen LogP contribution in [0.5, 0.6) is 11.5 Å². The lowest BCUT2D eigenvalue weighted by atomic mass is 10.2. The van der Waals surface area contributed by atoms with Crippen molar-refractivity contribution in [3.05, 3.63) is 46.2 Å². The third kappa shape index (κ3) is 5.05. The van der Waals surface area contributed by atoms with Gasteiger partial charge in [-0.25, -0.2) is 4.79 Å². The van der Waals surface area contributed by atoms with E-state index in [1.807, 2.05) is 6.92 Å². The molecule has 1 heterocycles. The summed E-state index contributed by atoms with van der Waals surface area (Å²) in [6, 6.07) is 7.83. The Morgan fingerprint density at radius 3 is 2.60 bits per heavy atom. The van der Waals surface area contributed by atoms with Crippen molar-refractivity contribution in [2.75, 3.05) is 20.3 Å². The number of hydrogen-bond donors (Lipinski definition) is 1. The van der Waals surface area contributed by atoms with Crippen molar-refractivity contribution >= 4 is 29.1 Å². The molecule has 8 heteroatoms. The van der Waals surface area contributed by atoms with E-state index in [4.69, 9.17) is 14.2 Å². The van der Waals surface area contributed by atoms with E-state index in [1.54, 1.807) is 23.6 Å². The van der Waals surface area contributed by atoms with Crippen molar-refractivity contribution in [2.24, 2.45) is 0 Å². The first-order valence-electron chi connectivity index (χ1n) is 7.40. The second-order valence-electron chi connectivity index (χ2n) is 4.73. The number of methoxy groups -OCH3 is 1. The summed E-state index contributed by atoms with van der Waals surface area (Å²) in [5.74, 6) is -1.06. The van der Waals surface area contributed by atoms with E-state index < -0.39 is 24.4 Å². The second kappa shape index (κ2) is 8.84. The van der Waals surface area contributed by atoms with Gasteiger partial charge >= 0.3 is 5.97 Å². The summed E-state index contributed by atoms with van der Waals surface area (Å²) in [7, 11) is 1.45. The zero-order valence-electron chi connectivity index (χ0n) is 13.7. The number of carbonyl (C=O) groups excluding carboxylic acids is 3. The van der Waals surface area contributed by atoms with E-state index in [-0.39, 0.29) is 5.56 Å². The first kappa shape index (κ1) is 18.5. The highest BCUT2D eigenvalue weighted by molar-refractivity contribution is 7.12. The average Bonchev–Trinajstić information content (AvgIpc) is 3.15. The maximum atomic E-state index is 12.0. The molecule has 0 aliphatic heterocycles. The van der Waals surface area contributed by atoms with Gasteiger partial charge in [-0.3, -0.25) is 14.9 Å². The highest BCUT2D eigenvalue weighted by Crippen LogP contribution is 2.28. The molecule has 0 atom stereocenters. The van der Waals surface area contributed by atoms with Crippen LogP contribution < -0.4 is 14.8 Å². The van der Waals surface area contributed by atoms with Crippen LogP contribution in [0.1, 0.15) is 27.0 Å². The number of amides is 2. The van der Waals surface area contributed by atoms with Crippen LogP contribution in [0, 0.1) is 0 Å². The van der Waals surface area contributed by atoms with Crippen LogP contribution in [0.2, 0.25) is 0 Å². The molecule has 0 fully saturated rings. The number of rotatable bonds is 7. The number of benzene rings is 1. The minimum absolute atomic E-state index is 0.206. The number of nitrogens with one attached hydrogen (secondary N) is 1. The van der Waals surface area contributed by atoms with Gasteiger partial charge in [0.1, 0.15) is 0 Å². The summed E-state index contributed by atoms with van der Waals surface area (Å²) in [6.45, 7) is 1.72. The number of ether oxygens (including phenoxy) is 3. The van der Waals surface area contributed by atoms with Gasteiger partial charge in [0.05, 0.1) is 24.2 Å². The molecule has 0 spiro atoms. The molecule has 0 radical (unpaired) electrons. The Morgan fingerprint density at radius 2 is 1.96 bits per heavy atom. The molecule has 1 aromatic carbocycles. The lowest BCUT2D eigenvalue weighted by Gasteiger charge is -2.10. The number of imide groups is 1. The van der Waals surface area contributed by atoms with Crippen molar-refractivity contribution < 1.29 is 28.6 Å². The molecule has 2 rings (SSSR count). The van der Waals surface area contributed by atoms with Crippen molar-refractivity contribution in [1.29, 1.82) is 0 Å². The van der Waals surface area contributed by atoms with Gasteiger partial charge in [-0.05, 0) is 36.6 Å². The first-order chi connectivity index (χ1) is 12.0. The quantitative estimate of drug-likeness (QED) is 0.759. The molecule has 2 aromatic rings. The van der Waals surface area contributed by atoms with Crippen LogP contribution in [0.25, 0.3) is 0 Å². The van der Waals surface area contributed by atoms with Crippen molar-refractivity contribution in [3.8, 4) is 11.5 Å². The van der Waals surface area contributed by atoms with E-state index in [0.29, 0.717) is 23.0 Å². The third-order valence-corrected chi connectivity index (χ3v) is 3.90. The smallest absolute Gasteiger partial charge is 0.338 e. The van der Waals surface area contributed by atoms with Crippen molar-refractivity contribution in [1.82, 2.24) is 5.32 Å².